The van der Waals surface area contributed by atoms with Gasteiger partial charge in [0.2, 0.25) is 5.88 Å². The lowest BCUT2D eigenvalue weighted by Crippen LogP contribution is -2.30. The molecule has 1 aliphatic rings. The number of aromatic nitrogens is 1. The molecule has 1 aromatic carbocycles. The van der Waals surface area contributed by atoms with Gasteiger partial charge in [-0.3, -0.25) is 14.4 Å². The van der Waals surface area contributed by atoms with Gasteiger partial charge in [-0.25, -0.2) is 0 Å². The first-order chi connectivity index (χ1) is 12.5. The number of rotatable bonds is 3. The maximum Gasteiger partial charge on any atom is 0.271 e. The number of hydrogen-bond acceptors (Lipinski definition) is 4. The van der Waals surface area contributed by atoms with Gasteiger partial charge >= 0.3 is 0 Å². The Kier molecular flexibility index (Phi) is 5.22. The van der Waals surface area contributed by atoms with E-state index in [2.05, 4.69) is 4.99 Å². The van der Waals surface area contributed by atoms with Crippen molar-refractivity contribution in [1.29, 1.82) is 5.26 Å². The molecule has 26 heavy (non-hydrogen) atoms. The Morgan fingerprint density at radius 2 is 2.00 bits per heavy atom. The van der Waals surface area contributed by atoms with Crippen LogP contribution < -0.4 is 5.56 Å². The van der Waals surface area contributed by atoms with Crippen LogP contribution in [0.5, 0.6) is 5.88 Å². The normalized spacial score (nSPS) is 15.3. The summed E-state index contributed by atoms with van der Waals surface area (Å²) in [7, 11) is 0. The zero-order chi connectivity index (χ0) is 18.7. The molecule has 0 unspecified atom stereocenters. The summed E-state index contributed by atoms with van der Waals surface area (Å²) in [6.45, 7) is 3.67. The summed E-state index contributed by atoms with van der Waals surface area (Å²) < 4.78 is 1.41. The van der Waals surface area contributed by atoms with Crippen LogP contribution >= 0.6 is 0 Å². The number of aliphatic imine (C=N–C) groups is 1. The van der Waals surface area contributed by atoms with Gasteiger partial charge in [0, 0.05) is 12.3 Å². The van der Waals surface area contributed by atoms with Crippen molar-refractivity contribution in [3.8, 4) is 11.9 Å². The van der Waals surface area contributed by atoms with Crippen molar-refractivity contribution in [2.45, 2.75) is 52.0 Å². The van der Waals surface area contributed by atoms with E-state index in [-0.39, 0.29) is 17.5 Å². The van der Waals surface area contributed by atoms with Gasteiger partial charge in [-0.15, -0.1) is 0 Å². The molecule has 5 nitrogen and oxygen atoms in total. The van der Waals surface area contributed by atoms with Gasteiger partial charge in [0.1, 0.15) is 11.6 Å². The van der Waals surface area contributed by atoms with Crippen molar-refractivity contribution < 1.29 is 5.11 Å². The van der Waals surface area contributed by atoms with Crippen LogP contribution in [0, 0.1) is 25.2 Å². The SMILES string of the molecule is Cc1cccc(N=Cc2c(C)c(C#N)c(=O)n(C3CCCCC3)c2O)c1. The molecule has 0 amide bonds. The first-order valence-corrected chi connectivity index (χ1v) is 9.02. The lowest BCUT2D eigenvalue weighted by molar-refractivity contribution is 0.303. The van der Waals surface area contributed by atoms with Crippen LogP contribution in [0.2, 0.25) is 0 Å². The van der Waals surface area contributed by atoms with Gasteiger partial charge in [0.25, 0.3) is 5.56 Å². The summed E-state index contributed by atoms with van der Waals surface area (Å²) in [6.07, 6.45) is 6.44. The Balaban J connectivity index is 2.12. The molecular formula is C21H23N3O2. The van der Waals surface area contributed by atoms with E-state index in [1.807, 2.05) is 37.3 Å². The zero-order valence-corrected chi connectivity index (χ0v) is 15.2. The average molecular weight is 349 g/mol. The largest absolute Gasteiger partial charge is 0.494 e. The Morgan fingerprint density at radius 1 is 1.27 bits per heavy atom. The van der Waals surface area contributed by atoms with Crippen molar-refractivity contribution >= 4 is 11.9 Å². The van der Waals surface area contributed by atoms with Crippen molar-refractivity contribution in [3.63, 3.8) is 0 Å². The van der Waals surface area contributed by atoms with Crippen molar-refractivity contribution in [1.82, 2.24) is 4.57 Å². The number of nitriles is 1. The summed E-state index contributed by atoms with van der Waals surface area (Å²) in [5.74, 6) is -0.0881. The molecule has 1 fully saturated rings. The fourth-order valence-electron chi connectivity index (χ4n) is 3.62. The number of hydrogen-bond donors (Lipinski definition) is 1. The van der Waals surface area contributed by atoms with Gasteiger partial charge in [0.05, 0.1) is 11.3 Å². The van der Waals surface area contributed by atoms with E-state index in [1.54, 1.807) is 13.1 Å². The number of pyridine rings is 1. The highest BCUT2D eigenvalue weighted by Gasteiger charge is 2.24. The number of aryl methyl sites for hydroxylation is 1. The van der Waals surface area contributed by atoms with E-state index < -0.39 is 5.56 Å². The second-order valence-electron chi connectivity index (χ2n) is 6.91. The van der Waals surface area contributed by atoms with Crippen molar-refractivity contribution in [2.24, 2.45) is 4.99 Å². The molecule has 3 rings (SSSR count). The second-order valence-corrected chi connectivity index (χ2v) is 6.91. The van der Waals surface area contributed by atoms with Crippen LogP contribution in [-0.2, 0) is 0 Å². The predicted octanol–water partition coefficient (Wildman–Crippen LogP) is 4.30. The van der Waals surface area contributed by atoms with E-state index in [1.165, 1.54) is 4.57 Å². The molecule has 0 spiro atoms. The van der Waals surface area contributed by atoms with Gasteiger partial charge in [-0.1, -0.05) is 31.4 Å². The van der Waals surface area contributed by atoms with E-state index in [0.29, 0.717) is 11.1 Å². The first kappa shape index (κ1) is 17.9. The van der Waals surface area contributed by atoms with Gasteiger partial charge < -0.3 is 5.11 Å². The van der Waals surface area contributed by atoms with Gasteiger partial charge in [-0.2, -0.15) is 5.26 Å². The average Bonchev–Trinajstić information content (AvgIpc) is 2.63. The Labute approximate surface area is 153 Å². The molecule has 0 aliphatic heterocycles. The summed E-state index contributed by atoms with van der Waals surface area (Å²) in [4.78, 5) is 17.2. The van der Waals surface area contributed by atoms with Gasteiger partial charge in [0.15, 0.2) is 0 Å². The second kappa shape index (κ2) is 7.57. The monoisotopic (exact) mass is 349 g/mol. The van der Waals surface area contributed by atoms with Gasteiger partial charge in [-0.05, 0) is 49.9 Å². The minimum absolute atomic E-state index is 0.0601. The number of aromatic hydroxyl groups is 1. The molecule has 134 valence electrons. The third kappa shape index (κ3) is 3.41. The van der Waals surface area contributed by atoms with E-state index in [4.69, 9.17) is 0 Å². The van der Waals surface area contributed by atoms with Crippen LogP contribution in [0.25, 0.3) is 0 Å². The molecule has 1 N–H and O–H groups in total. The zero-order valence-electron chi connectivity index (χ0n) is 15.2. The molecule has 1 saturated carbocycles. The maximum atomic E-state index is 12.7. The summed E-state index contributed by atoms with van der Waals surface area (Å²) in [5.41, 5.74) is 2.44. The summed E-state index contributed by atoms with van der Waals surface area (Å²) >= 11 is 0. The summed E-state index contributed by atoms with van der Waals surface area (Å²) in [5, 5.41) is 20.3. The molecule has 1 heterocycles. The predicted molar refractivity (Wildman–Crippen MR) is 102 cm³/mol. The van der Waals surface area contributed by atoms with Crippen LogP contribution in [0.4, 0.5) is 5.69 Å². The molecule has 1 aliphatic carbocycles. The van der Waals surface area contributed by atoms with Crippen LogP contribution in [0.15, 0.2) is 34.1 Å². The third-order valence-electron chi connectivity index (χ3n) is 5.08. The standard InChI is InChI=1S/C21H23N3O2/c1-14-7-6-8-16(11-14)23-13-19-15(2)18(12-22)20(25)24(21(19)26)17-9-4-3-5-10-17/h6-8,11,13,17,26H,3-5,9-10H2,1-2H3. The Bertz CT molecular complexity index is 945. The molecule has 0 saturated heterocycles. The fourth-order valence-corrected chi connectivity index (χ4v) is 3.62. The fraction of sp³-hybridized carbons (Fsp3) is 0.381. The van der Waals surface area contributed by atoms with Crippen LogP contribution in [-0.4, -0.2) is 15.9 Å². The van der Waals surface area contributed by atoms with E-state index in [0.717, 1.165) is 43.4 Å². The molecule has 0 radical (unpaired) electrons. The first-order valence-electron chi connectivity index (χ1n) is 9.02. The minimum Gasteiger partial charge on any atom is -0.494 e. The van der Waals surface area contributed by atoms with Crippen LogP contribution in [0.1, 0.15) is 60.4 Å². The third-order valence-corrected chi connectivity index (χ3v) is 5.08. The number of nitrogens with zero attached hydrogens (tertiary/aromatic N) is 3. The Morgan fingerprint density at radius 3 is 2.65 bits per heavy atom. The van der Waals surface area contributed by atoms with Crippen molar-refractivity contribution in [3.05, 3.63) is 56.9 Å². The number of benzene rings is 1. The molecule has 1 aromatic heterocycles. The molecular weight excluding hydrogens is 326 g/mol. The topological polar surface area (TPSA) is 78.4 Å². The lowest BCUT2D eigenvalue weighted by atomic mass is 9.94. The van der Waals surface area contributed by atoms with Crippen LogP contribution in [0.3, 0.4) is 0 Å². The highest BCUT2D eigenvalue weighted by atomic mass is 16.3. The van der Waals surface area contributed by atoms with E-state index >= 15 is 0 Å². The lowest BCUT2D eigenvalue weighted by Gasteiger charge is -2.26. The maximum absolute atomic E-state index is 12.7. The van der Waals surface area contributed by atoms with Crippen molar-refractivity contribution in [2.75, 3.05) is 0 Å². The molecule has 0 atom stereocenters. The highest BCUT2D eigenvalue weighted by molar-refractivity contribution is 5.87. The molecule has 0 bridgehead atoms. The van der Waals surface area contributed by atoms with E-state index in [9.17, 15) is 15.2 Å². The minimum atomic E-state index is -0.401. The quantitative estimate of drug-likeness (QED) is 0.839. The Hall–Kier alpha value is -2.87. The molecule has 2 aromatic rings. The summed E-state index contributed by atoms with van der Waals surface area (Å²) in [6, 6.07) is 9.66. The smallest absolute Gasteiger partial charge is 0.271 e. The molecule has 5 heteroatoms. The highest BCUT2D eigenvalue weighted by Crippen LogP contribution is 2.32.